The molecule has 5 nitrogen and oxygen atoms in total. The van der Waals surface area contributed by atoms with Crippen molar-refractivity contribution < 1.29 is 14.3 Å². The number of amides is 1. The van der Waals surface area contributed by atoms with Gasteiger partial charge in [-0.2, -0.15) is 0 Å². The number of rotatable bonds is 5. The number of hydrogen-bond acceptors (Lipinski definition) is 5. The van der Waals surface area contributed by atoms with E-state index in [1.165, 1.54) is 25.3 Å². The van der Waals surface area contributed by atoms with Gasteiger partial charge in [0, 0.05) is 17.8 Å². The maximum Gasteiger partial charge on any atom is 0.323 e. The van der Waals surface area contributed by atoms with E-state index in [9.17, 15) is 9.59 Å². The molecule has 1 aliphatic heterocycles. The third-order valence-electron chi connectivity index (χ3n) is 3.51. The minimum atomic E-state index is -0.654. The lowest BCUT2D eigenvalue weighted by atomic mass is 9.98. The fourth-order valence-electron chi connectivity index (χ4n) is 2.48. The van der Waals surface area contributed by atoms with E-state index in [-0.39, 0.29) is 5.91 Å². The van der Waals surface area contributed by atoms with Crippen molar-refractivity contribution in [1.29, 1.82) is 0 Å². The molecule has 1 saturated heterocycles. The Morgan fingerprint density at radius 2 is 1.95 bits per heavy atom. The Morgan fingerprint density at radius 3 is 2.47 bits per heavy atom. The maximum absolute atomic E-state index is 12.2. The van der Waals surface area contributed by atoms with Crippen molar-refractivity contribution in [3.8, 4) is 0 Å². The van der Waals surface area contributed by atoms with Crippen LogP contribution in [0.4, 0.5) is 0 Å². The van der Waals surface area contributed by atoms with Crippen molar-refractivity contribution in [3.63, 3.8) is 0 Å². The fraction of sp³-hybridized carbons (Fsp3) is 0.846. The molecule has 0 aliphatic carbocycles. The van der Waals surface area contributed by atoms with E-state index in [0.717, 1.165) is 12.8 Å². The predicted octanol–water partition coefficient (Wildman–Crippen LogP) is 1.01. The highest BCUT2D eigenvalue weighted by molar-refractivity contribution is 8.00. The molecule has 0 radical (unpaired) electrons. The van der Waals surface area contributed by atoms with E-state index in [1.807, 2.05) is 4.90 Å². The lowest BCUT2D eigenvalue weighted by Gasteiger charge is -2.39. The lowest BCUT2D eigenvalue weighted by Crippen LogP contribution is -2.48. The quantitative estimate of drug-likeness (QED) is 0.764. The molecule has 3 unspecified atom stereocenters. The number of piperidine rings is 1. The van der Waals surface area contributed by atoms with Crippen molar-refractivity contribution in [3.05, 3.63) is 0 Å². The van der Waals surface area contributed by atoms with Crippen molar-refractivity contribution in [2.45, 2.75) is 51.2 Å². The summed E-state index contributed by atoms with van der Waals surface area (Å²) < 4.78 is 4.55. The van der Waals surface area contributed by atoms with Crippen LogP contribution in [0.15, 0.2) is 0 Å². The average molecular weight is 288 g/mol. The second-order valence-corrected chi connectivity index (χ2v) is 6.10. The van der Waals surface area contributed by atoms with Gasteiger partial charge in [0.1, 0.15) is 6.04 Å². The summed E-state index contributed by atoms with van der Waals surface area (Å²) in [7, 11) is 1.31. The third kappa shape index (κ3) is 4.69. The van der Waals surface area contributed by atoms with Gasteiger partial charge in [0.25, 0.3) is 0 Å². The summed E-state index contributed by atoms with van der Waals surface area (Å²) in [6, 6.07) is -0.0312. The molecule has 0 saturated carbocycles. The molecule has 1 aliphatic rings. The zero-order valence-corrected chi connectivity index (χ0v) is 12.7. The maximum atomic E-state index is 12.2. The van der Waals surface area contributed by atoms with Crippen LogP contribution in [-0.4, -0.2) is 53.5 Å². The van der Waals surface area contributed by atoms with Gasteiger partial charge < -0.3 is 15.4 Å². The van der Waals surface area contributed by atoms with Crippen LogP contribution in [0.3, 0.4) is 0 Å². The number of carbonyl (C=O) groups excluding carboxylic acids is 2. The van der Waals surface area contributed by atoms with Crippen LogP contribution in [0.2, 0.25) is 0 Å². The highest BCUT2D eigenvalue weighted by Crippen LogP contribution is 2.23. The van der Waals surface area contributed by atoms with Gasteiger partial charge in [-0.1, -0.05) is 0 Å². The molecule has 0 aromatic carbocycles. The average Bonchev–Trinajstić information content (AvgIpc) is 2.37. The van der Waals surface area contributed by atoms with E-state index in [1.54, 1.807) is 0 Å². The number of esters is 1. The van der Waals surface area contributed by atoms with Crippen LogP contribution in [-0.2, 0) is 14.3 Å². The molecular formula is C13H24N2O3S. The van der Waals surface area contributed by atoms with E-state index in [0.29, 0.717) is 23.6 Å². The second-order valence-electron chi connectivity index (χ2n) is 5.07. The number of nitrogens with two attached hydrogens (primary N) is 1. The van der Waals surface area contributed by atoms with Gasteiger partial charge in [0.2, 0.25) is 5.91 Å². The highest BCUT2D eigenvalue weighted by Gasteiger charge is 2.28. The van der Waals surface area contributed by atoms with Gasteiger partial charge in [-0.3, -0.25) is 9.59 Å². The SMILES string of the molecule is COC(=O)C(N)CSCC(=O)N1C(C)CCCC1C. The number of methoxy groups -OCH3 is 1. The molecule has 1 rings (SSSR count). The molecule has 0 spiro atoms. The monoisotopic (exact) mass is 288 g/mol. The molecule has 1 fully saturated rings. The van der Waals surface area contributed by atoms with Gasteiger partial charge in [-0.15, -0.1) is 11.8 Å². The number of nitrogens with zero attached hydrogens (tertiary/aromatic N) is 1. The Bertz CT molecular complexity index is 315. The second kappa shape index (κ2) is 7.75. The third-order valence-corrected chi connectivity index (χ3v) is 4.55. The van der Waals surface area contributed by atoms with Gasteiger partial charge in [0.15, 0.2) is 0 Å². The number of likely N-dealkylation sites (tertiary alicyclic amines) is 1. The lowest BCUT2D eigenvalue weighted by molar-refractivity contribution is -0.141. The Kier molecular flexibility index (Phi) is 6.65. The molecule has 0 aromatic heterocycles. The van der Waals surface area contributed by atoms with Crippen LogP contribution >= 0.6 is 11.8 Å². The number of carbonyl (C=O) groups is 2. The van der Waals surface area contributed by atoms with E-state index in [4.69, 9.17) is 5.73 Å². The molecule has 3 atom stereocenters. The predicted molar refractivity (Wildman–Crippen MR) is 76.9 cm³/mol. The first-order valence-electron chi connectivity index (χ1n) is 6.69. The number of thioether (sulfide) groups is 1. The van der Waals surface area contributed by atoms with Crippen LogP contribution in [0.1, 0.15) is 33.1 Å². The van der Waals surface area contributed by atoms with Crippen LogP contribution in [0, 0.1) is 0 Å². The van der Waals surface area contributed by atoms with E-state index >= 15 is 0 Å². The Labute approximate surface area is 119 Å². The molecule has 19 heavy (non-hydrogen) atoms. The summed E-state index contributed by atoms with van der Waals surface area (Å²) in [5, 5.41) is 0. The van der Waals surface area contributed by atoms with Gasteiger partial charge in [-0.25, -0.2) is 0 Å². The minimum Gasteiger partial charge on any atom is -0.468 e. The molecule has 1 heterocycles. The molecule has 0 aromatic rings. The molecule has 1 amide bonds. The van der Waals surface area contributed by atoms with Crippen molar-refractivity contribution in [2.75, 3.05) is 18.6 Å². The smallest absolute Gasteiger partial charge is 0.323 e. The Morgan fingerprint density at radius 1 is 1.37 bits per heavy atom. The molecule has 110 valence electrons. The normalized spacial score (nSPS) is 24.9. The van der Waals surface area contributed by atoms with Crippen LogP contribution < -0.4 is 5.73 Å². The van der Waals surface area contributed by atoms with Gasteiger partial charge in [-0.05, 0) is 33.1 Å². The molecule has 6 heteroatoms. The number of hydrogen-bond donors (Lipinski definition) is 1. The summed E-state index contributed by atoms with van der Waals surface area (Å²) in [6.07, 6.45) is 3.33. The first kappa shape index (κ1) is 16.3. The van der Waals surface area contributed by atoms with Crippen LogP contribution in [0.5, 0.6) is 0 Å². The summed E-state index contributed by atoms with van der Waals surface area (Å²) in [5.41, 5.74) is 5.63. The standard InChI is InChI=1S/C13H24N2O3S/c1-9-5-4-6-10(2)15(9)12(16)8-19-7-11(14)13(17)18-3/h9-11H,4-8,14H2,1-3H3. The molecular weight excluding hydrogens is 264 g/mol. The Hall–Kier alpha value is -0.750. The van der Waals surface area contributed by atoms with Crippen molar-refractivity contribution >= 4 is 23.6 Å². The largest absolute Gasteiger partial charge is 0.468 e. The summed E-state index contributed by atoms with van der Waals surface area (Å²) in [5.74, 6) is 0.496. The Balaban J connectivity index is 2.36. The van der Waals surface area contributed by atoms with Gasteiger partial charge in [0.05, 0.1) is 12.9 Å². The topological polar surface area (TPSA) is 72.6 Å². The first-order valence-corrected chi connectivity index (χ1v) is 7.85. The van der Waals surface area contributed by atoms with Crippen molar-refractivity contribution in [2.24, 2.45) is 5.73 Å². The summed E-state index contributed by atoms with van der Waals surface area (Å²) in [4.78, 5) is 25.3. The number of ether oxygens (including phenoxy) is 1. The zero-order valence-electron chi connectivity index (χ0n) is 11.9. The first-order chi connectivity index (χ1) is 8.97. The zero-order chi connectivity index (χ0) is 14.4. The van der Waals surface area contributed by atoms with E-state index in [2.05, 4.69) is 18.6 Å². The fourth-order valence-corrected chi connectivity index (χ4v) is 3.31. The minimum absolute atomic E-state index is 0.141. The van der Waals surface area contributed by atoms with Crippen LogP contribution in [0.25, 0.3) is 0 Å². The van der Waals surface area contributed by atoms with Crippen molar-refractivity contribution in [1.82, 2.24) is 4.90 Å². The molecule has 0 bridgehead atoms. The highest BCUT2D eigenvalue weighted by atomic mass is 32.2. The summed E-state index contributed by atoms with van der Waals surface area (Å²) >= 11 is 1.39. The van der Waals surface area contributed by atoms with E-state index < -0.39 is 12.0 Å². The van der Waals surface area contributed by atoms with Gasteiger partial charge >= 0.3 is 5.97 Å². The summed E-state index contributed by atoms with van der Waals surface area (Å²) in [6.45, 7) is 4.19. The molecule has 2 N–H and O–H groups in total.